The minimum absolute atomic E-state index is 0.360. The van der Waals surface area contributed by atoms with E-state index in [1.165, 1.54) is 0 Å². The average Bonchev–Trinajstić information content (AvgIpc) is 2.65. The first-order valence-corrected chi connectivity index (χ1v) is 8.23. The summed E-state index contributed by atoms with van der Waals surface area (Å²) in [5, 5.41) is 6.46. The van der Waals surface area contributed by atoms with Crippen molar-refractivity contribution in [3.8, 4) is 0 Å². The lowest BCUT2D eigenvalue weighted by Crippen LogP contribution is -2.28. The monoisotopic (exact) mass is 322 g/mol. The number of ether oxygens (including phenoxy) is 1. The third-order valence-electron chi connectivity index (χ3n) is 4.08. The Labute approximate surface area is 142 Å². The Balaban J connectivity index is 2.03. The number of hydrogen-bond donors (Lipinski definition) is 2. The van der Waals surface area contributed by atoms with Crippen LogP contribution in [0.5, 0.6) is 0 Å². The summed E-state index contributed by atoms with van der Waals surface area (Å²) < 4.78 is 6.13. The summed E-state index contributed by atoms with van der Waals surface area (Å²) in [5.74, 6) is 0.811. The van der Waals surface area contributed by atoms with Crippen molar-refractivity contribution in [3.63, 3.8) is 0 Å². The van der Waals surface area contributed by atoms with Crippen molar-refractivity contribution in [1.82, 2.24) is 10.6 Å². The first-order valence-electron chi connectivity index (χ1n) is 8.23. The van der Waals surface area contributed by atoms with E-state index in [2.05, 4.69) is 10.6 Å². The fourth-order valence-electron chi connectivity index (χ4n) is 2.91. The number of nitrogens with one attached hydrogen (secondary N) is 2. The third kappa shape index (κ3) is 3.34. The summed E-state index contributed by atoms with van der Waals surface area (Å²) in [5.41, 5.74) is 3.82. The van der Waals surface area contributed by atoms with E-state index < -0.39 is 0 Å². The predicted molar refractivity (Wildman–Crippen MR) is 96.1 cm³/mol. The Morgan fingerprint density at radius 3 is 2.62 bits per heavy atom. The van der Waals surface area contributed by atoms with Gasteiger partial charge in [-0.15, -0.1) is 0 Å². The molecule has 0 fully saturated rings. The molecule has 1 aliphatic rings. The molecule has 3 rings (SSSR count). The summed E-state index contributed by atoms with van der Waals surface area (Å²) in [6.07, 6.45) is 1.86. The standard InChI is InChI=1S/C20H22N2O2/c1-21-12-7-13-24-20-17-11-6-5-10-16(17)18(14-23)22-19(20)15-8-3-2-4-9-15/h2-6,8-11,14,18,21-22H,7,12-13H2,1H3. The molecule has 4 heteroatoms. The van der Waals surface area contributed by atoms with Crippen LogP contribution in [-0.4, -0.2) is 26.5 Å². The molecule has 0 aliphatic carbocycles. The molecule has 0 spiro atoms. The van der Waals surface area contributed by atoms with Gasteiger partial charge >= 0.3 is 0 Å². The number of hydrogen-bond acceptors (Lipinski definition) is 4. The molecule has 1 heterocycles. The summed E-state index contributed by atoms with van der Waals surface area (Å²) in [6.45, 7) is 1.52. The number of rotatable bonds is 7. The number of benzene rings is 2. The number of carbonyl (C=O) groups is 1. The maximum absolute atomic E-state index is 11.6. The lowest BCUT2D eigenvalue weighted by atomic mass is 9.93. The van der Waals surface area contributed by atoms with Gasteiger partial charge in [-0.1, -0.05) is 54.6 Å². The second kappa shape index (κ2) is 7.79. The van der Waals surface area contributed by atoms with Gasteiger partial charge in [-0.25, -0.2) is 0 Å². The molecule has 2 aromatic rings. The van der Waals surface area contributed by atoms with Crippen LogP contribution >= 0.6 is 0 Å². The van der Waals surface area contributed by atoms with E-state index in [4.69, 9.17) is 4.74 Å². The minimum atomic E-state index is -0.360. The van der Waals surface area contributed by atoms with Gasteiger partial charge in [0, 0.05) is 11.1 Å². The van der Waals surface area contributed by atoms with Crippen molar-refractivity contribution in [2.75, 3.05) is 20.2 Å². The highest BCUT2D eigenvalue weighted by Crippen LogP contribution is 2.36. The molecule has 24 heavy (non-hydrogen) atoms. The van der Waals surface area contributed by atoms with Crippen LogP contribution in [0.1, 0.15) is 29.2 Å². The Bertz CT molecular complexity index is 725. The zero-order valence-electron chi connectivity index (χ0n) is 13.8. The van der Waals surface area contributed by atoms with Crippen molar-refractivity contribution in [2.45, 2.75) is 12.5 Å². The van der Waals surface area contributed by atoms with Gasteiger partial charge in [-0.3, -0.25) is 0 Å². The second-order valence-electron chi connectivity index (χ2n) is 5.72. The molecule has 4 nitrogen and oxygen atoms in total. The zero-order chi connectivity index (χ0) is 16.8. The fourth-order valence-corrected chi connectivity index (χ4v) is 2.91. The third-order valence-corrected chi connectivity index (χ3v) is 4.08. The first kappa shape index (κ1) is 16.3. The molecule has 0 amide bonds. The molecule has 0 aromatic heterocycles. The Hall–Kier alpha value is -2.59. The first-order chi connectivity index (χ1) is 11.8. The Morgan fingerprint density at radius 2 is 1.88 bits per heavy atom. The van der Waals surface area contributed by atoms with Crippen LogP contribution in [0.15, 0.2) is 54.6 Å². The molecule has 1 aliphatic heterocycles. The van der Waals surface area contributed by atoms with E-state index in [9.17, 15) is 4.79 Å². The van der Waals surface area contributed by atoms with Gasteiger partial charge in [0.05, 0.1) is 12.3 Å². The summed E-state index contributed by atoms with van der Waals surface area (Å²) in [6, 6.07) is 17.5. The van der Waals surface area contributed by atoms with Crippen molar-refractivity contribution in [2.24, 2.45) is 0 Å². The Kier molecular flexibility index (Phi) is 5.29. The van der Waals surface area contributed by atoms with E-state index in [1.54, 1.807) is 0 Å². The molecule has 0 saturated heterocycles. The molecular formula is C20H22N2O2. The van der Waals surface area contributed by atoms with E-state index in [1.807, 2.05) is 61.6 Å². The molecule has 124 valence electrons. The van der Waals surface area contributed by atoms with Gasteiger partial charge in [0.1, 0.15) is 12.3 Å². The van der Waals surface area contributed by atoms with Crippen LogP contribution < -0.4 is 10.6 Å². The van der Waals surface area contributed by atoms with Crippen molar-refractivity contribution >= 4 is 17.7 Å². The molecule has 0 radical (unpaired) electrons. The quantitative estimate of drug-likeness (QED) is 0.608. The number of carbonyl (C=O) groups excluding carboxylic acids is 1. The topological polar surface area (TPSA) is 50.4 Å². The number of aldehydes is 1. The molecule has 2 aromatic carbocycles. The summed E-state index contributed by atoms with van der Waals surface area (Å²) >= 11 is 0. The second-order valence-corrected chi connectivity index (χ2v) is 5.72. The highest BCUT2D eigenvalue weighted by Gasteiger charge is 2.27. The van der Waals surface area contributed by atoms with E-state index in [-0.39, 0.29) is 6.04 Å². The highest BCUT2D eigenvalue weighted by molar-refractivity contribution is 5.92. The van der Waals surface area contributed by atoms with Gasteiger partial charge < -0.3 is 20.2 Å². The molecule has 1 unspecified atom stereocenters. The summed E-state index contributed by atoms with van der Waals surface area (Å²) in [7, 11) is 1.93. The van der Waals surface area contributed by atoms with Crippen molar-refractivity contribution in [1.29, 1.82) is 0 Å². The van der Waals surface area contributed by atoms with Gasteiger partial charge in [0.2, 0.25) is 0 Å². The van der Waals surface area contributed by atoms with Crippen LogP contribution in [0, 0.1) is 0 Å². The van der Waals surface area contributed by atoms with Gasteiger partial charge in [-0.2, -0.15) is 0 Å². The highest BCUT2D eigenvalue weighted by atomic mass is 16.5. The smallest absolute Gasteiger partial charge is 0.150 e. The molecule has 1 atom stereocenters. The average molecular weight is 322 g/mol. The van der Waals surface area contributed by atoms with Gasteiger partial charge in [-0.05, 0) is 25.6 Å². The summed E-state index contributed by atoms with van der Waals surface area (Å²) in [4.78, 5) is 11.6. The maximum Gasteiger partial charge on any atom is 0.150 e. The maximum atomic E-state index is 11.6. The normalized spacial score (nSPS) is 16.3. The van der Waals surface area contributed by atoms with Crippen LogP contribution in [0.4, 0.5) is 0 Å². The van der Waals surface area contributed by atoms with Crippen molar-refractivity contribution < 1.29 is 9.53 Å². The Morgan fingerprint density at radius 1 is 1.12 bits per heavy atom. The van der Waals surface area contributed by atoms with Crippen LogP contribution in [0.3, 0.4) is 0 Å². The molecule has 0 bridgehead atoms. The number of fused-ring (bicyclic) bond motifs is 1. The molecule has 0 saturated carbocycles. The predicted octanol–water partition coefficient (Wildman–Crippen LogP) is 2.98. The van der Waals surface area contributed by atoms with E-state index >= 15 is 0 Å². The van der Waals surface area contributed by atoms with Crippen LogP contribution in [-0.2, 0) is 9.53 Å². The van der Waals surface area contributed by atoms with Crippen LogP contribution in [0.25, 0.3) is 11.5 Å². The van der Waals surface area contributed by atoms with Gasteiger partial charge in [0.25, 0.3) is 0 Å². The fraction of sp³-hybridized carbons (Fsp3) is 0.250. The van der Waals surface area contributed by atoms with E-state index in [0.717, 1.165) is 47.4 Å². The van der Waals surface area contributed by atoms with Crippen LogP contribution in [0.2, 0.25) is 0 Å². The van der Waals surface area contributed by atoms with E-state index in [0.29, 0.717) is 6.61 Å². The zero-order valence-corrected chi connectivity index (χ0v) is 13.8. The lowest BCUT2D eigenvalue weighted by Gasteiger charge is -2.29. The van der Waals surface area contributed by atoms with Gasteiger partial charge in [0.15, 0.2) is 5.76 Å². The van der Waals surface area contributed by atoms with Crippen molar-refractivity contribution in [3.05, 3.63) is 71.3 Å². The SMILES string of the molecule is CNCCCOC1=C(c2ccccc2)NC(C=O)c2ccccc21. The molecular weight excluding hydrogens is 300 g/mol. The largest absolute Gasteiger partial charge is 0.491 e. The minimum Gasteiger partial charge on any atom is -0.491 e. The molecule has 2 N–H and O–H groups in total. The lowest BCUT2D eigenvalue weighted by molar-refractivity contribution is -0.109.